The first-order valence-electron chi connectivity index (χ1n) is 8.53. The monoisotopic (exact) mass is 354 g/mol. The van der Waals surface area contributed by atoms with Gasteiger partial charge in [0.2, 0.25) is 5.88 Å². The number of aromatic nitrogens is 1. The van der Waals surface area contributed by atoms with Crippen molar-refractivity contribution >= 4 is 29.2 Å². The molecule has 0 aliphatic carbocycles. The Morgan fingerprint density at radius 1 is 1.23 bits per heavy atom. The van der Waals surface area contributed by atoms with E-state index < -0.39 is 12.7 Å². The van der Waals surface area contributed by atoms with Crippen molar-refractivity contribution in [3.8, 4) is 11.6 Å². The van der Waals surface area contributed by atoms with Crippen molar-refractivity contribution in [2.75, 3.05) is 5.73 Å². The zero-order valence-electron chi connectivity index (χ0n) is 15.4. The van der Waals surface area contributed by atoms with E-state index in [2.05, 4.69) is 4.98 Å². The molecule has 3 N–H and O–H groups in total. The van der Waals surface area contributed by atoms with Crippen molar-refractivity contribution in [3.05, 3.63) is 42.8 Å². The van der Waals surface area contributed by atoms with E-state index in [-0.39, 0.29) is 5.92 Å². The fourth-order valence-corrected chi connectivity index (χ4v) is 2.39. The minimum Gasteiger partial charge on any atom is -0.464 e. The van der Waals surface area contributed by atoms with Gasteiger partial charge >= 0.3 is 7.12 Å². The van der Waals surface area contributed by atoms with E-state index in [1.807, 2.05) is 27.7 Å². The van der Waals surface area contributed by atoms with E-state index in [0.29, 0.717) is 28.4 Å². The Kier molecular flexibility index (Phi) is 4.93. The zero-order chi connectivity index (χ0) is 18.9. The summed E-state index contributed by atoms with van der Waals surface area (Å²) in [7, 11) is -1.11. The minimum absolute atomic E-state index is 0.238. The number of ether oxygens (including phenoxy) is 1. The summed E-state index contributed by atoms with van der Waals surface area (Å²) in [5.41, 5.74) is 7.20. The van der Waals surface area contributed by atoms with Gasteiger partial charge in [-0.1, -0.05) is 19.9 Å². The average molecular weight is 354 g/mol. The number of nitrogen functional groups attached to an aromatic ring is 1. The second-order valence-corrected chi connectivity index (χ2v) is 7.07. The lowest BCUT2D eigenvalue weighted by Crippen LogP contribution is -2.45. The zero-order valence-corrected chi connectivity index (χ0v) is 15.4. The first kappa shape index (κ1) is 18.3. The molecule has 0 spiro atoms. The molecule has 26 heavy (non-hydrogen) atoms. The largest absolute Gasteiger partial charge is 0.493 e. The number of benzene rings is 1. The van der Waals surface area contributed by atoms with Gasteiger partial charge in [-0.05, 0) is 38.0 Å². The normalized spacial score (nSPS) is 11.9. The molecule has 6 nitrogen and oxygen atoms in total. The molecule has 0 amide bonds. The van der Waals surface area contributed by atoms with Crippen LogP contribution in [0.25, 0.3) is 11.0 Å². The van der Waals surface area contributed by atoms with Crippen LogP contribution in [0.5, 0.6) is 11.6 Å². The van der Waals surface area contributed by atoms with E-state index in [4.69, 9.17) is 19.5 Å². The van der Waals surface area contributed by atoms with E-state index in [9.17, 15) is 5.02 Å². The van der Waals surface area contributed by atoms with Gasteiger partial charge in [-0.15, -0.1) is 0 Å². The van der Waals surface area contributed by atoms with Crippen molar-refractivity contribution in [1.29, 1.82) is 0 Å². The van der Waals surface area contributed by atoms with E-state index in [1.165, 1.54) is 0 Å². The van der Waals surface area contributed by atoms with Crippen molar-refractivity contribution < 1.29 is 18.8 Å². The molecule has 0 aliphatic heterocycles. The minimum atomic E-state index is -1.11. The SMILES string of the molecule is CC(C)C(C)(C)OB(O)c1ccc(Oc2nccc3occc23)cc1N. The number of nitrogens with zero attached hydrogens (tertiary/aromatic N) is 1. The van der Waals surface area contributed by atoms with Gasteiger partial charge in [0.05, 0.1) is 17.3 Å². The van der Waals surface area contributed by atoms with Crippen molar-refractivity contribution in [3.63, 3.8) is 0 Å². The number of hydrogen-bond acceptors (Lipinski definition) is 6. The summed E-state index contributed by atoms with van der Waals surface area (Å²) in [6, 6.07) is 8.62. The molecular weight excluding hydrogens is 331 g/mol. The highest BCUT2D eigenvalue weighted by Crippen LogP contribution is 2.29. The van der Waals surface area contributed by atoms with Crippen LogP contribution in [0.15, 0.2) is 47.2 Å². The molecule has 2 heterocycles. The topological polar surface area (TPSA) is 90.7 Å². The van der Waals surface area contributed by atoms with Gasteiger partial charge < -0.3 is 24.6 Å². The number of hydrogen-bond donors (Lipinski definition) is 2. The third-order valence-electron chi connectivity index (χ3n) is 4.69. The Morgan fingerprint density at radius 3 is 2.69 bits per heavy atom. The Bertz CT molecular complexity index is 907. The fraction of sp³-hybridized carbons (Fsp3) is 0.316. The lowest BCUT2D eigenvalue weighted by atomic mass is 9.76. The maximum absolute atomic E-state index is 10.4. The summed E-state index contributed by atoms with van der Waals surface area (Å²) >= 11 is 0. The third kappa shape index (κ3) is 3.69. The summed E-state index contributed by atoms with van der Waals surface area (Å²) in [5.74, 6) is 1.19. The standard InChI is InChI=1S/C19H23BN2O4/c1-12(2)19(3,4)26-20(23)15-6-5-13(11-16(15)21)25-18-14-8-10-24-17(14)7-9-22-18/h5-12,23H,21H2,1-4H3. The first-order valence-corrected chi connectivity index (χ1v) is 8.53. The molecule has 0 unspecified atom stereocenters. The fourth-order valence-electron chi connectivity index (χ4n) is 2.39. The molecular formula is C19H23BN2O4. The molecule has 7 heteroatoms. The van der Waals surface area contributed by atoms with Gasteiger partial charge in [-0.2, -0.15) is 0 Å². The Morgan fingerprint density at radius 2 is 2.00 bits per heavy atom. The van der Waals surface area contributed by atoms with Crippen LogP contribution < -0.4 is 15.9 Å². The number of furan rings is 1. The molecule has 2 aromatic heterocycles. The van der Waals surface area contributed by atoms with Gasteiger partial charge in [-0.3, -0.25) is 0 Å². The van der Waals surface area contributed by atoms with Gasteiger partial charge in [0.1, 0.15) is 11.3 Å². The van der Waals surface area contributed by atoms with Crippen LogP contribution in [-0.4, -0.2) is 22.7 Å². The predicted octanol–water partition coefficient (Wildman–Crippen LogP) is 3.34. The molecule has 0 saturated heterocycles. The number of nitrogens with two attached hydrogens (primary N) is 1. The van der Waals surface area contributed by atoms with Crippen molar-refractivity contribution in [2.45, 2.75) is 33.3 Å². The van der Waals surface area contributed by atoms with Crippen LogP contribution in [0.2, 0.25) is 0 Å². The maximum atomic E-state index is 10.4. The van der Waals surface area contributed by atoms with Crippen molar-refractivity contribution in [1.82, 2.24) is 4.98 Å². The number of fused-ring (bicyclic) bond motifs is 1. The molecule has 0 atom stereocenters. The highest BCUT2D eigenvalue weighted by molar-refractivity contribution is 6.61. The molecule has 0 bridgehead atoms. The van der Waals surface area contributed by atoms with Crippen LogP contribution >= 0.6 is 0 Å². The maximum Gasteiger partial charge on any atom is 0.493 e. The second kappa shape index (κ2) is 7.01. The quantitative estimate of drug-likeness (QED) is 0.521. The van der Waals surface area contributed by atoms with Gasteiger partial charge in [0.15, 0.2) is 0 Å². The van der Waals surface area contributed by atoms with E-state index in [1.54, 1.807) is 42.8 Å². The lowest BCUT2D eigenvalue weighted by Gasteiger charge is -2.31. The number of rotatable bonds is 6. The molecule has 3 rings (SSSR count). The molecule has 0 saturated carbocycles. The molecule has 1 aromatic carbocycles. The van der Waals surface area contributed by atoms with Gasteiger partial charge in [0, 0.05) is 23.4 Å². The highest BCUT2D eigenvalue weighted by atomic mass is 16.5. The molecule has 3 aromatic rings. The highest BCUT2D eigenvalue weighted by Gasteiger charge is 2.31. The summed E-state index contributed by atoms with van der Waals surface area (Å²) < 4.78 is 17.0. The Hall–Kier alpha value is -2.51. The summed E-state index contributed by atoms with van der Waals surface area (Å²) in [4.78, 5) is 4.23. The predicted molar refractivity (Wildman–Crippen MR) is 103 cm³/mol. The lowest BCUT2D eigenvalue weighted by molar-refractivity contribution is 0.0424. The van der Waals surface area contributed by atoms with Crippen LogP contribution in [-0.2, 0) is 4.65 Å². The Balaban J connectivity index is 1.80. The Labute approximate surface area is 153 Å². The molecule has 0 radical (unpaired) electrons. The number of pyridine rings is 1. The summed E-state index contributed by atoms with van der Waals surface area (Å²) in [6.07, 6.45) is 3.20. The van der Waals surface area contributed by atoms with Crippen LogP contribution in [0.3, 0.4) is 0 Å². The third-order valence-corrected chi connectivity index (χ3v) is 4.69. The average Bonchev–Trinajstić information content (AvgIpc) is 3.04. The summed E-state index contributed by atoms with van der Waals surface area (Å²) in [6.45, 7) is 7.95. The van der Waals surface area contributed by atoms with Crippen molar-refractivity contribution in [2.24, 2.45) is 5.92 Å². The van der Waals surface area contributed by atoms with Crippen LogP contribution in [0, 0.1) is 5.92 Å². The van der Waals surface area contributed by atoms with Crippen LogP contribution in [0.4, 0.5) is 5.69 Å². The first-order chi connectivity index (χ1) is 12.3. The number of anilines is 1. The van der Waals surface area contributed by atoms with Gasteiger partial charge in [-0.25, -0.2) is 4.98 Å². The van der Waals surface area contributed by atoms with Crippen LogP contribution in [0.1, 0.15) is 27.7 Å². The van der Waals surface area contributed by atoms with E-state index >= 15 is 0 Å². The molecule has 136 valence electrons. The van der Waals surface area contributed by atoms with E-state index in [0.717, 1.165) is 5.39 Å². The second-order valence-electron chi connectivity index (χ2n) is 7.07. The van der Waals surface area contributed by atoms with Gasteiger partial charge in [0.25, 0.3) is 0 Å². The smallest absolute Gasteiger partial charge is 0.464 e. The molecule has 0 fully saturated rings. The summed E-state index contributed by atoms with van der Waals surface area (Å²) in [5, 5.41) is 11.2. The molecule has 0 aliphatic rings.